The number of aromatic nitrogens is 1. The zero-order valence-electron chi connectivity index (χ0n) is 21.1. The summed E-state index contributed by atoms with van der Waals surface area (Å²) < 4.78 is 37.1. The molecular weight excluding hydrogens is 522 g/mol. The maximum absolute atomic E-state index is 12.7. The molecular formula is C24H31N3O8S2. The molecule has 202 valence electrons. The Morgan fingerprint density at radius 1 is 1.14 bits per heavy atom. The summed E-state index contributed by atoms with van der Waals surface area (Å²) >= 11 is 1.01. The Labute approximate surface area is 219 Å². The van der Waals surface area contributed by atoms with Gasteiger partial charge in [0.15, 0.2) is 14.6 Å². The van der Waals surface area contributed by atoms with Gasteiger partial charge in [-0.25, -0.2) is 13.2 Å². The molecule has 1 atom stereocenters. The van der Waals surface area contributed by atoms with Crippen LogP contribution in [0.3, 0.4) is 0 Å². The first-order valence-corrected chi connectivity index (χ1v) is 14.7. The van der Waals surface area contributed by atoms with Crippen LogP contribution in [0.2, 0.25) is 0 Å². The number of nitrogens with zero attached hydrogens (tertiary/aromatic N) is 3. The summed E-state index contributed by atoms with van der Waals surface area (Å²) in [5.74, 6) is -4.30. The van der Waals surface area contributed by atoms with Crippen LogP contribution >= 0.6 is 11.3 Å². The SMILES string of the molecule is CCOC(=O)c1ccc2c(c1)sc(=NC(=O)CS(=O)(=O)CC(=O)N1CCCCC1CC)n2CC(=O)OC. The summed E-state index contributed by atoms with van der Waals surface area (Å²) in [5.41, 5.74) is 0.784. The number of thiazole rings is 1. The molecule has 2 aromatic rings. The van der Waals surface area contributed by atoms with Crippen molar-refractivity contribution in [2.75, 3.05) is 31.8 Å². The van der Waals surface area contributed by atoms with Crippen molar-refractivity contribution in [2.24, 2.45) is 4.99 Å². The number of amides is 2. The lowest BCUT2D eigenvalue weighted by Crippen LogP contribution is -2.46. The second-order valence-corrected chi connectivity index (χ2v) is 11.7. The molecule has 1 aromatic heterocycles. The number of carbonyl (C=O) groups is 4. The molecule has 37 heavy (non-hydrogen) atoms. The molecule has 1 fully saturated rings. The highest BCUT2D eigenvalue weighted by atomic mass is 32.2. The first-order valence-electron chi connectivity index (χ1n) is 12.0. The molecule has 1 unspecified atom stereocenters. The number of hydrogen-bond donors (Lipinski definition) is 0. The van der Waals surface area contributed by atoms with E-state index in [-0.39, 0.29) is 29.6 Å². The lowest BCUT2D eigenvalue weighted by atomic mass is 10.0. The predicted molar refractivity (Wildman–Crippen MR) is 137 cm³/mol. The third-order valence-electron chi connectivity index (χ3n) is 6.03. The van der Waals surface area contributed by atoms with Gasteiger partial charge in [0.25, 0.3) is 5.91 Å². The first-order chi connectivity index (χ1) is 17.6. The maximum atomic E-state index is 12.7. The summed E-state index contributed by atoms with van der Waals surface area (Å²) in [6.07, 6.45) is 3.39. The smallest absolute Gasteiger partial charge is 0.338 e. The number of benzene rings is 1. The van der Waals surface area contributed by atoms with Gasteiger partial charge in [-0.05, 0) is 50.8 Å². The van der Waals surface area contributed by atoms with E-state index in [2.05, 4.69) is 4.99 Å². The summed E-state index contributed by atoms with van der Waals surface area (Å²) in [4.78, 5) is 55.1. The fourth-order valence-corrected chi connectivity index (χ4v) is 6.42. The zero-order chi connectivity index (χ0) is 27.2. The number of methoxy groups -OCH3 is 1. The molecule has 2 amide bonds. The molecule has 1 aliphatic heterocycles. The number of carbonyl (C=O) groups excluding carboxylic acids is 4. The molecule has 1 aliphatic rings. The van der Waals surface area contributed by atoms with Crippen molar-refractivity contribution in [2.45, 2.75) is 52.1 Å². The maximum Gasteiger partial charge on any atom is 0.338 e. The minimum atomic E-state index is -4.07. The monoisotopic (exact) mass is 553 g/mol. The minimum Gasteiger partial charge on any atom is -0.468 e. The Balaban J connectivity index is 1.87. The van der Waals surface area contributed by atoms with Crippen LogP contribution in [0.15, 0.2) is 23.2 Å². The van der Waals surface area contributed by atoms with E-state index in [0.29, 0.717) is 16.8 Å². The molecule has 0 saturated carbocycles. The minimum absolute atomic E-state index is 0.00664. The van der Waals surface area contributed by atoms with Crippen molar-refractivity contribution in [3.05, 3.63) is 28.6 Å². The molecule has 3 rings (SSSR count). The van der Waals surface area contributed by atoms with E-state index in [9.17, 15) is 27.6 Å². The number of likely N-dealkylation sites (tertiary alicyclic amines) is 1. The molecule has 0 aliphatic carbocycles. The molecule has 1 aromatic carbocycles. The Morgan fingerprint density at radius 2 is 1.89 bits per heavy atom. The number of fused-ring (bicyclic) bond motifs is 1. The van der Waals surface area contributed by atoms with E-state index >= 15 is 0 Å². The van der Waals surface area contributed by atoms with Gasteiger partial charge >= 0.3 is 11.9 Å². The number of piperidine rings is 1. The average Bonchev–Trinajstić information content (AvgIpc) is 3.18. The van der Waals surface area contributed by atoms with Gasteiger partial charge in [-0.1, -0.05) is 18.3 Å². The molecule has 11 nitrogen and oxygen atoms in total. The second-order valence-electron chi connectivity index (χ2n) is 8.63. The highest BCUT2D eigenvalue weighted by Gasteiger charge is 2.29. The third kappa shape index (κ3) is 7.25. The van der Waals surface area contributed by atoms with Gasteiger partial charge in [-0.3, -0.25) is 14.4 Å². The molecule has 0 spiro atoms. The van der Waals surface area contributed by atoms with Crippen molar-refractivity contribution in [1.29, 1.82) is 0 Å². The van der Waals surface area contributed by atoms with Crippen molar-refractivity contribution in [3.63, 3.8) is 0 Å². The van der Waals surface area contributed by atoms with E-state index in [1.807, 2.05) is 6.92 Å². The summed E-state index contributed by atoms with van der Waals surface area (Å²) in [6.45, 7) is 4.07. The molecule has 0 radical (unpaired) electrons. The number of esters is 2. The number of ether oxygens (including phenoxy) is 2. The van der Waals surface area contributed by atoms with E-state index in [1.165, 1.54) is 17.7 Å². The Kier molecular flexibility index (Phi) is 9.60. The summed E-state index contributed by atoms with van der Waals surface area (Å²) in [6, 6.07) is 4.66. The largest absolute Gasteiger partial charge is 0.468 e. The van der Waals surface area contributed by atoms with Crippen molar-refractivity contribution in [3.8, 4) is 0 Å². The van der Waals surface area contributed by atoms with Crippen LogP contribution in [0.4, 0.5) is 0 Å². The standard InChI is InChI=1S/C24H31N3O8S2/c1-4-17-8-6-7-11-26(17)21(29)15-37(32,33)14-20(28)25-24-27(13-22(30)34-3)18-10-9-16(12-19(18)36-24)23(31)35-5-2/h9-10,12,17H,4-8,11,13-15H2,1-3H3. The predicted octanol–water partition coefficient (Wildman–Crippen LogP) is 1.69. The Bertz CT molecular complexity index is 1360. The van der Waals surface area contributed by atoms with Crippen LogP contribution in [-0.4, -0.2) is 79.4 Å². The summed E-state index contributed by atoms with van der Waals surface area (Å²) in [7, 11) is -2.85. The number of sulfone groups is 1. The van der Waals surface area contributed by atoms with Crippen molar-refractivity contribution >= 4 is 55.1 Å². The van der Waals surface area contributed by atoms with Gasteiger partial charge in [0.05, 0.1) is 29.5 Å². The van der Waals surface area contributed by atoms with Gasteiger partial charge < -0.3 is 18.9 Å². The first kappa shape index (κ1) is 28.5. The average molecular weight is 554 g/mol. The van der Waals surface area contributed by atoms with Crippen LogP contribution < -0.4 is 4.80 Å². The van der Waals surface area contributed by atoms with Crippen LogP contribution in [0.25, 0.3) is 10.2 Å². The van der Waals surface area contributed by atoms with E-state index in [4.69, 9.17) is 9.47 Å². The molecule has 0 N–H and O–H groups in total. The fourth-order valence-electron chi connectivity index (χ4n) is 4.25. The van der Waals surface area contributed by atoms with Gasteiger partial charge in [-0.2, -0.15) is 4.99 Å². The normalized spacial score (nSPS) is 16.6. The zero-order valence-corrected chi connectivity index (χ0v) is 22.7. The second kappa shape index (κ2) is 12.5. The Hall–Kier alpha value is -3.06. The van der Waals surface area contributed by atoms with E-state index < -0.39 is 45.1 Å². The van der Waals surface area contributed by atoms with Gasteiger partial charge in [0, 0.05) is 12.6 Å². The molecule has 13 heteroatoms. The number of hydrogen-bond acceptors (Lipinski definition) is 9. The van der Waals surface area contributed by atoms with E-state index in [1.54, 1.807) is 24.0 Å². The quantitative estimate of drug-likeness (QED) is 0.427. The number of rotatable bonds is 9. The summed E-state index contributed by atoms with van der Waals surface area (Å²) in [5, 5.41) is 0. The van der Waals surface area contributed by atoms with Crippen LogP contribution in [0.1, 0.15) is 49.9 Å². The van der Waals surface area contributed by atoms with E-state index in [0.717, 1.165) is 37.0 Å². The lowest BCUT2D eigenvalue weighted by Gasteiger charge is -2.35. The molecule has 0 bridgehead atoms. The fraction of sp³-hybridized carbons (Fsp3) is 0.542. The van der Waals surface area contributed by atoms with Crippen LogP contribution in [0, 0.1) is 0 Å². The van der Waals surface area contributed by atoms with Gasteiger partial charge in [0.1, 0.15) is 18.1 Å². The highest BCUT2D eigenvalue weighted by Crippen LogP contribution is 2.21. The van der Waals surface area contributed by atoms with Crippen molar-refractivity contribution in [1.82, 2.24) is 9.47 Å². The topological polar surface area (TPSA) is 141 Å². The molecule has 1 saturated heterocycles. The Morgan fingerprint density at radius 3 is 2.57 bits per heavy atom. The lowest BCUT2D eigenvalue weighted by molar-refractivity contribution is -0.141. The van der Waals surface area contributed by atoms with Crippen LogP contribution in [0.5, 0.6) is 0 Å². The van der Waals surface area contributed by atoms with Crippen LogP contribution in [-0.2, 0) is 40.2 Å². The van der Waals surface area contributed by atoms with Gasteiger partial charge in [-0.15, -0.1) is 0 Å². The third-order valence-corrected chi connectivity index (χ3v) is 8.45. The molecule has 2 heterocycles. The van der Waals surface area contributed by atoms with Gasteiger partial charge in [0.2, 0.25) is 5.91 Å². The highest BCUT2D eigenvalue weighted by molar-refractivity contribution is 7.92. The van der Waals surface area contributed by atoms with Crippen molar-refractivity contribution < 1.29 is 37.1 Å².